The molecule has 0 fully saturated rings. The van der Waals surface area contributed by atoms with Crippen molar-refractivity contribution in [1.82, 2.24) is 9.97 Å². The van der Waals surface area contributed by atoms with Gasteiger partial charge < -0.3 is 15.8 Å². The lowest BCUT2D eigenvalue weighted by molar-refractivity contribution is 0.464. The fraction of sp³-hybridized carbons (Fsp3) is 0.111. The monoisotopic (exact) mass is 340 g/mol. The molecule has 0 aliphatic rings. The molecule has 0 radical (unpaired) electrons. The number of nitrogen functional groups attached to an aromatic ring is 1. The molecule has 0 saturated carbocycles. The second-order valence-electron chi connectivity index (χ2n) is 5.15. The average Bonchev–Trinajstić information content (AvgIpc) is 2.61. The molecule has 0 aliphatic heterocycles. The molecule has 24 heavy (non-hydrogen) atoms. The second kappa shape index (κ2) is 7.19. The van der Waals surface area contributed by atoms with E-state index in [0.29, 0.717) is 33.8 Å². The van der Waals surface area contributed by atoms with Crippen LogP contribution in [0.2, 0.25) is 5.02 Å². The average molecular weight is 341 g/mol. The summed E-state index contributed by atoms with van der Waals surface area (Å²) in [5.74, 6) is 1.41. The van der Waals surface area contributed by atoms with E-state index in [9.17, 15) is 0 Å². The molecule has 3 N–H and O–H groups in total. The Morgan fingerprint density at radius 2 is 1.83 bits per heavy atom. The van der Waals surface area contributed by atoms with Gasteiger partial charge in [-0.3, -0.25) is 0 Å². The number of aryl methyl sites for hydroxylation is 1. The highest BCUT2D eigenvalue weighted by Gasteiger charge is 2.11. The van der Waals surface area contributed by atoms with Crippen LogP contribution in [-0.4, -0.2) is 9.97 Å². The molecule has 6 heteroatoms. The number of anilines is 3. The van der Waals surface area contributed by atoms with Crippen molar-refractivity contribution in [1.29, 1.82) is 0 Å². The Bertz CT molecular complexity index is 837. The number of nitrogens with one attached hydrogen (secondary N) is 1. The third kappa shape index (κ3) is 3.58. The molecule has 3 aromatic rings. The molecule has 0 unspecified atom stereocenters. The van der Waals surface area contributed by atoms with Gasteiger partial charge in [-0.1, -0.05) is 42.8 Å². The molecule has 0 aliphatic carbocycles. The first-order chi connectivity index (χ1) is 11.7. The Morgan fingerprint density at radius 3 is 2.54 bits per heavy atom. The maximum atomic E-state index is 6.15. The third-order valence-electron chi connectivity index (χ3n) is 3.52. The lowest BCUT2D eigenvalue weighted by Crippen LogP contribution is -2.03. The fourth-order valence-corrected chi connectivity index (χ4v) is 2.34. The van der Waals surface area contributed by atoms with E-state index in [2.05, 4.69) is 22.2 Å². The zero-order chi connectivity index (χ0) is 16.9. The van der Waals surface area contributed by atoms with Crippen LogP contribution in [0.25, 0.3) is 0 Å². The topological polar surface area (TPSA) is 73.1 Å². The Hall–Kier alpha value is -2.79. The molecule has 0 spiro atoms. The van der Waals surface area contributed by atoms with Crippen LogP contribution < -0.4 is 15.8 Å². The third-order valence-corrected chi connectivity index (χ3v) is 3.85. The Balaban J connectivity index is 1.83. The van der Waals surface area contributed by atoms with E-state index < -0.39 is 0 Å². The van der Waals surface area contributed by atoms with Crippen LogP contribution in [-0.2, 0) is 6.42 Å². The number of hydrogen-bond donors (Lipinski definition) is 2. The Labute approximate surface area is 145 Å². The number of aromatic nitrogens is 2. The fourth-order valence-electron chi connectivity index (χ4n) is 2.16. The van der Waals surface area contributed by atoms with E-state index in [-0.39, 0.29) is 0 Å². The SMILES string of the molecule is CCc1ccc(Oc2ncnc(Nc3ccccc3Cl)c2N)cc1. The van der Waals surface area contributed by atoms with Crippen LogP contribution in [0.1, 0.15) is 12.5 Å². The van der Waals surface area contributed by atoms with Gasteiger partial charge in [0.1, 0.15) is 17.8 Å². The minimum Gasteiger partial charge on any atom is -0.437 e. The summed E-state index contributed by atoms with van der Waals surface area (Å²) >= 11 is 6.15. The van der Waals surface area contributed by atoms with Crippen LogP contribution in [0.4, 0.5) is 17.2 Å². The van der Waals surface area contributed by atoms with Crippen LogP contribution in [0.3, 0.4) is 0 Å². The number of nitrogens with two attached hydrogens (primary N) is 1. The lowest BCUT2D eigenvalue weighted by atomic mass is 10.2. The summed E-state index contributed by atoms with van der Waals surface area (Å²) in [5.41, 5.74) is 8.39. The Morgan fingerprint density at radius 1 is 1.08 bits per heavy atom. The van der Waals surface area contributed by atoms with E-state index in [1.807, 2.05) is 42.5 Å². The van der Waals surface area contributed by atoms with E-state index >= 15 is 0 Å². The summed E-state index contributed by atoms with van der Waals surface area (Å²) in [7, 11) is 0. The summed E-state index contributed by atoms with van der Waals surface area (Å²) in [6.45, 7) is 2.10. The van der Waals surface area contributed by atoms with Crippen LogP contribution >= 0.6 is 11.6 Å². The van der Waals surface area contributed by atoms with E-state index in [0.717, 1.165) is 6.42 Å². The molecule has 0 amide bonds. The van der Waals surface area contributed by atoms with Gasteiger partial charge in [-0.25, -0.2) is 4.98 Å². The van der Waals surface area contributed by atoms with Gasteiger partial charge in [0, 0.05) is 0 Å². The molecular weight excluding hydrogens is 324 g/mol. The van der Waals surface area contributed by atoms with Crippen molar-refractivity contribution in [3.63, 3.8) is 0 Å². The van der Waals surface area contributed by atoms with E-state index in [1.54, 1.807) is 6.07 Å². The molecule has 3 rings (SSSR count). The summed E-state index contributed by atoms with van der Waals surface area (Å²) < 4.78 is 5.77. The Kier molecular flexibility index (Phi) is 4.82. The summed E-state index contributed by atoms with van der Waals surface area (Å²) in [4.78, 5) is 8.27. The van der Waals surface area contributed by atoms with Crippen molar-refractivity contribution in [3.8, 4) is 11.6 Å². The molecule has 0 atom stereocenters. The predicted octanol–water partition coefficient (Wildman–Crippen LogP) is 4.81. The number of ether oxygens (including phenoxy) is 1. The highest BCUT2D eigenvalue weighted by atomic mass is 35.5. The minimum absolute atomic E-state index is 0.295. The van der Waals surface area contributed by atoms with Crippen LogP contribution in [0.15, 0.2) is 54.9 Å². The molecular formula is C18H17ClN4O. The zero-order valence-corrected chi connectivity index (χ0v) is 13.9. The number of para-hydroxylation sites is 1. The van der Waals surface area contributed by atoms with Gasteiger partial charge >= 0.3 is 0 Å². The van der Waals surface area contributed by atoms with Crippen molar-refractivity contribution < 1.29 is 4.74 Å². The summed E-state index contributed by atoms with van der Waals surface area (Å²) in [5, 5.41) is 3.67. The maximum Gasteiger partial charge on any atom is 0.248 e. The van der Waals surface area contributed by atoms with Crippen molar-refractivity contribution in [3.05, 3.63) is 65.4 Å². The smallest absolute Gasteiger partial charge is 0.248 e. The minimum atomic E-state index is 0.295. The molecule has 1 heterocycles. The van der Waals surface area contributed by atoms with Crippen LogP contribution in [0, 0.1) is 0 Å². The molecule has 2 aromatic carbocycles. The van der Waals surface area contributed by atoms with Crippen molar-refractivity contribution in [2.45, 2.75) is 13.3 Å². The van der Waals surface area contributed by atoms with Crippen molar-refractivity contribution in [2.24, 2.45) is 0 Å². The molecule has 0 saturated heterocycles. The highest BCUT2D eigenvalue weighted by molar-refractivity contribution is 6.33. The molecule has 122 valence electrons. The van der Waals surface area contributed by atoms with Crippen molar-refractivity contribution >= 4 is 28.8 Å². The van der Waals surface area contributed by atoms with E-state index in [4.69, 9.17) is 22.1 Å². The lowest BCUT2D eigenvalue weighted by Gasteiger charge is -2.12. The number of hydrogen-bond acceptors (Lipinski definition) is 5. The highest BCUT2D eigenvalue weighted by Crippen LogP contribution is 2.32. The first-order valence-electron chi connectivity index (χ1n) is 7.56. The summed E-state index contributed by atoms with van der Waals surface area (Å²) in [6.07, 6.45) is 2.37. The maximum absolute atomic E-state index is 6.15. The number of halogens is 1. The number of benzene rings is 2. The standard InChI is InChI=1S/C18H17ClN4O/c1-2-12-7-9-13(10-8-12)24-18-16(20)17(21-11-22-18)23-15-6-4-3-5-14(15)19/h3-11H,2,20H2,1H3,(H,21,22,23). The summed E-state index contributed by atoms with van der Waals surface area (Å²) in [6, 6.07) is 15.2. The van der Waals surface area contributed by atoms with Gasteiger partial charge in [-0.15, -0.1) is 0 Å². The van der Waals surface area contributed by atoms with Gasteiger partial charge in [0.25, 0.3) is 0 Å². The first kappa shape index (κ1) is 16.1. The molecule has 5 nitrogen and oxygen atoms in total. The largest absolute Gasteiger partial charge is 0.437 e. The molecule has 1 aromatic heterocycles. The number of rotatable bonds is 5. The number of nitrogens with zero attached hydrogens (tertiary/aromatic N) is 2. The van der Waals surface area contributed by atoms with Crippen LogP contribution in [0.5, 0.6) is 11.6 Å². The predicted molar refractivity (Wildman–Crippen MR) is 97.1 cm³/mol. The van der Waals surface area contributed by atoms with Gasteiger partial charge in [-0.2, -0.15) is 4.98 Å². The second-order valence-corrected chi connectivity index (χ2v) is 5.55. The van der Waals surface area contributed by atoms with Gasteiger partial charge in [-0.05, 0) is 36.2 Å². The first-order valence-corrected chi connectivity index (χ1v) is 7.94. The van der Waals surface area contributed by atoms with Gasteiger partial charge in [0.2, 0.25) is 5.88 Å². The van der Waals surface area contributed by atoms with Gasteiger partial charge in [0.05, 0.1) is 10.7 Å². The zero-order valence-electron chi connectivity index (χ0n) is 13.2. The van der Waals surface area contributed by atoms with Gasteiger partial charge in [0.15, 0.2) is 5.82 Å². The molecule has 0 bridgehead atoms. The van der Waals surface area contributed by atoms with E-state index in [1.165, 1.54) is 11.9 Å². The quantitative estimate of drug-likeness (QED) is 0.697. The van der Waals surface area contributed by atoms with Crippen molar-refractivity contribution in [2.75, 3.05) is 11.1 Å². The normalized spacial score (nSPS) is 10.4.